The third-order valence-electron chi connectivity index (χ3n) is 4.55. The number of para-hydroxylation sites is 1. The van der Waals surface area contributed by atoms with Crippen molar-refractivity contribution in [3.8, 4) is 5.69 Å². The molecule has 0 bridgehead atoms. The summed E-state index contributed by atoms with van der Waals surface area (Å²) in [5.74, 6) is 0.663. The Labute approximate surface area is 162 Å². The standard InChI is InChI=1S/C21H21N3O2S/c1-4-10-27-20-23-18-16(19(25)24(20)15-8-6-5-7-9-15)11-14-13-26-21(2,3)12-17(14)22-18/h4-9,11H,1,10,12-13H2,2-3H3. The largest absolute Gasteiger partial charge is 0.370 e. The van der Waals surface area contributed by atoms with Crippen LogP contribution < -0.4 is 5.56 Å². The van der Waals surface area contributed by atoms with Crippen molar-refractivity contribution in [2.75, 3.05) is 5.75 Å². The van der Waals surface area contributed by atoms with Crippen molar-refractivity contribution in [2.24, 2.45) is 0 Å². The first kappa shape index (κ1) is 17.9. The van der Waals surface area contributed by atoms with Crippen LogP contribution in [0.25, 0.3) is 16.7 Å². The van der Waals surface area contributed by atoms with Crippen LogP contribution in [-0.4, -0.2) is 25.9 Å². The molecule has 1 aliphatic rings. The van der Waals surface area contributed by atoms with Gasteiger partial charge in [0.25, 0.3) is 5.56 Å². The topological polar surface area (TPSA) is 57.0 Å². The maximum Gasteiger partial charge on any atom is 0.268 e. The molecule has 1 aromatic carbocycles. The normalized spacial score (nSPS) is 15.5. The number of thioether (sulfide) groups is 1. The molecule has 0 amide bonds. The zero-order valence-corrected chi connectivity index (χ0v) is 16.3. The monoisotopic (exact) mass is 379 g/mol. The van der Waals surface area contributed by atoms with Crippen molar-refractivity contribution >= 4 is 22.8 Å². The minimum Gasteiger partial charge on any atom is -0.370 e. The molecule has 0 N–H and O–H groups in total. The lowest BCUT2D eigenvalue weighted by Gasteiger charge is -2.31. The molecule has 0 unspecified atom stereocenters. The highest BCUT2D eigenvalue weighted by Crippen LogP contribution is 2.29. The zero-order valence-electron chi connectivity index (χ0n) is 15.4. The summed E-state index contributed by atoms with van der Waals surface area (Å²) in [5.41, 5.74) is 2.84. The molecule has 0 fully saturated rings. The number of aromatic nitrogens is 3. The van der Waals surface area contributed by atoms with Gasteiger partial charge in [-0.3, -0.25) is 9.36 Å². The molecule has 2 aromatic heterocycles. The molecule has 0 radical (unpaired) electrons. The molecule has 138 valence electrons. The molecule has 0 atom stereocenters. The van der Waals surface area contributed by atoms with Gasteiger partial charge in [0.15, 0.2) is 10.8 Å². The van der Waals surface area contributed by atoms with Gasteiger partial charge in [0.1, 0.15) is 0 Å². The summed E-state index contributed by atoms with van der Waals surface area (Å²) in [4.78, 5) is 22.8. The molecule has 0 spiro atoms. The van der Waals surface area contributed by atoms with Gasteiger partial charge >= 0.3 is 0 Å². The van der Waals surface area contributed by atoms with Crippen LogP contribution in [0.5, 0.6) is 0 Å². The maximum absolute atomic E-state index is 13.3. The van der Waals surface area contributed by atoms with Gasteiger partial charge < -0.3 is 4.74 Å². The smallest absolute Gasteiger partial charge is 0.268 e. The molecule has 3 aromatic rings. The van der Waals surface area contributed by atoms with Gasteiger partial charge in [0, 0.05) is 17.7 Å². The number of pyridine rings is 1. The predicted molar refractivity (Wildman–Crippen MR) is 109 cm³/mol. The Morgan fingerprint density at radius 3 is 2.81 bits per heavy atom. The van der Waals surface area contributed by atoms with E-state index in [1.54, 1.807) is 10.6 Å². The highest BCUT2D eigenvalue weighted by atomic mass is 32.2. The van der Waals surface area contributed by atoms with Gasteiger partial charge in [-0.1, -0.05) is 36.0 Å². The van der Waals surface area contributed by atoms with E-state index < -0.39 is 0 Å². The second kappa shape index (κ2) is 6.94. The van der Waals surface area contributed by atoms with E-state index in [1.807, 2.05) is 50.2 Å². The Balaban J connectivity index is 1.96. The SMILES string of the molecule is C=CCSc1nc2nc3c(cc2c(=O)n1-c1ccccc1)COC(C)(C)C3. The fourth-order valence-electron chi connectivity index (χ4n) is 3.21. The van der Waals surface area contributed by atoms with Crippen molar-refractivity contribution < 1.29 is 4.74 Å². The number of rotatable bonds is 4. The third kappa shape index (κ3) is 3.42. The summed E-state index contributed by atoms with van der Waals surface area (Å²) in [6, 6.07) is 11.5. The molecule has 0 saturated heterocycles. The highest BCUT2D eigenvalue weighted by molar-refractivity contribution is 7.99. The number of ether oxygens (including phenoxy) is 1. The Morgan fingerprint density at radius 1 is 1.30 bits per heavy atom. The van der Waals surface area contributed by atoms with E-state index in [-0.39, 0.29) is 11.2 Å². The number of hydrogen-bond donors (Lipinski definition) is 0. The lowest BCUT2D eigenvalue weighted by atomic mass is 9.95. The third-order valence-corrected chi connectivity index (χ3v) is 5.49. The Kier molecular flexibility index (Phi) is 4.61. The highest BCUT2D eigenvalue weighted by Gasteiger charge is 2.28. The van der Waals surface area contributed by atoms with Gasteiger partial charge in [0.05, 0.1) is 29.0 Å². The Morgan fingerprint density at radius 2 is 2.07 bits per heavy atom. The number of nitrogens with zero attached hydrogens (tertiary/aromatic N) is 3. The Hall–Kier alpha value is -2.44. The molecular weight excluding hydrogens is 358 g/mol. The van der Waals surface area contributed by atoms with E-state index in [4.69, 9.17) is 14.7 Å². The van der Waals surface area contributed by atoms with Crippen LogP contribution >= 0.6 is 11.8 Å². The van der Waals surface area contributed by atoms with Crippen molar-refractivity contribution in [2.45, 2.75) is 37.6 Å². The van der Waals surface area contributed by atoms with Crippen LogP contribution in [0, 0.1) is 0 Å². The van der Waals surface area contributed by atoms with Crippen LogP contribution in [-0.2, 0) is 17.8 Å². The molecule has 27 heavy (non-hydrogen) atoms. The summed E-state index contributed by atoms with van der Waals surface area (Å²) in [7, 11) is 0. The van der Waals surface area contributed by atoms with E-state index in [0.29, 0.717) is 35.0 Å². The van der Waals surface area contributed by atoms with Gasteiger partial charge in [0.2, 0.25) is 0 Å². The van der Waals surface area contributed by atoms with E-state index >= 15 is 0 Å². The molecule has 5 nitrogen and oxygen atoms in total. The minimum absolute atomic E-state index is 0.113. The van der Waals surface area contributed by atoms with Gasteiger partial charge in [-0.15, -0.1) is 6.58 Å². The first-order valence-electron chi connectivity index (χ1n) is 8.87. The summed E-state index contributed by atoms with van der Waals surface area (Å²) in [5, 5.41) is 1.14. The van der Waals surface area contributed by atoms with Crippen molar-refractivity contribution in [1.82, 2.24) is 14.5 Å². The average Bonchev–Trinajstić information content (AvgIpc) is 2.65. The summed E-state index contributed by atoms with van der Waals surface area (Å²) in [6.07, 6.45) is 2.51. The van der Waals surface area contributed by atoms with Gasteiger partial charge in [-0.25, -0.2) is 9.97 Å². The van der Waals surface area contributed by atoms with Crippen molar-refractivity contribution in [3.05, 3.63) is 70.7 Å². The Bertz CT molecular complexity index is 1070. The van der Waals surface area contributed by atoms with Gasteiger partial charge in [-0.05, 0) is 32.0 Å². The molecule has 1 aliphatic heterocycles. The maximum atomic E-state index is 13.3. The fraction of sp³-hybridized carbons (Fsp3) is 0.286. The fourth-order valence-corrected chi connectivity index (χ4v) is 3.95. The molecule has 6 heteroatoms. The van der Waals surface area contributed by atoms with E-state index in [1.165, 1.54) is 11.8 Å². The lowest BCUT2D eigenvalue weighted by Crippen LogP contribution is -2.33. The van der Waals surface area contributed by atoms with Crippen LogP contribution in [0.15, 0.2) is 59.0 Å². The number of benzene rings is 1. The van der Waals surface area contributed by atoms with Gasteiger partial charge in [-0.2, -0.15) is 0 Å². The van der Waals surface area contributed by atoms with E-state index in [9.17, 15) is 4.79 Å². The van der Waals surface area contributed by atoms with Crippen LogP contribution in [0.4, 0.5) is 0 Å². The number of hydrogen-bond acceptors (Lipinski definition) is 5. The molecule has 4 rings (SSSR count). The summed E-state index contributed by atoms with van der Waals surface area (Å²) < 4.78 is 7.54. The average molecular weight is 379 g/mol. The predicted octanol–water partition coefficient (Wildman–Crippen LogP) is 3.91. The second-order valence-corrected chi connectivity index (χ2v) is 8.15. The summed E-state index contributed by atoms with van der Waals surface area (Å²) >= 11 is 1.48. The number of fused-ring (bicyclic) bond motifs is 2. The zero-order chi connectivity index (χ0) is 19.0. The molecule has 3 heterocycles. The minimum atomic E-state index is -0.257. The first-order valence-corrected chi connectivity index (χ1v) is 9.86. The van der Waals surface area contributed by atoms with Crippen LogP contribution in [0.2, 0.25) is 0 Å². The quantitative estimate of drug-likeness (QED) is 0.391. The van der Waals surface area contributed by atoms with Crippen molar-refractivity contribution in [1.29, 1.82) is 0 Å². The van der Waals surface area contributed by atoms with E-state index in [2.05, 4.69) is 6.58 Å². The molecular formula is C21H21N3O2S. The van der Waals surface area contributed by atoms with Crippen LogP contribution in [0.1, 0.15) is 25.1 Å². The van der Waals surface area contributed by atoms with Crippen molar-refractivity contribution in [3.63, 3.8) is 0 Å². The van der Waals surface area contributed by atoms with Crippen LogP contribution in [0.3, 0.4) is 0 Å². The molecule has 0 saturated carbocycles. The summed E-state index contributed by atoms with van der Waals surface area (Å²) in [6.45, 7) is 8.33. The second-order valence-electron chi connectivity index (χ2n) is 7.16. The first-order chi connectivity index (χ1) is 13.0. The molecule has 0 aliphatic carbocycles. The van der Waals surface area contributed by atoms with E-state index in [0.717, 1.165) is 16.9 Å². The lowest BCUT2D eigenvalue weighted by molar-refractivity contribution is -0.0411.